The van der Waals surface area contributed by atoms with Crippen LogP contribution in [0.1, 0.15) is 11.6 Å². The summed E-state index contributed by atoms with van der Waals surface area (Å²) in [7, 11) is 0. The summed E-state index contributed by atoms with van der Waals surface area (Å²) in [5.74, 6) is 0.255. The molecule has 0 aliphatic carbocycles. The molecule has 4 heteroatoms. The predicted molar refractivity (Wildman–Crippen MR) is 52.0 cm³/mol. The number of hydrogen-bond donors (Lipinski definition) is 0. The van der Waals surface area contributed by atoms with E-state index in [2.05, 4.69) is 4.98 Å². The van der Waals surface area contributed by atoms with Crippen molar-refractivity contribution < 1.29 is 13.5 Å². The molecule has 0 atom stereocenters. The van der Waals surface area contributed by atoms with Gasteiger partial charge in [-0.2, -0.15) is 0 Å². The minimum Gasteiger partial charge on any atom is -0.481 e. The minimum atomic E-state index is -0.388. The van der Waals surface area contributed by atoms with E-state index in [1.54, 1.807) is 18.2 Å². The summed E-state index contributed by atoms with van der Waals surface area (Å²) in [5, 5.41) is 0. The number of benzene rings is 1. The molecule has 0 fully saturated rings. The van der Waals surface area contributed by atoms with Crippen molar-refractivity contribution in [1.82, 2.24) is 4.98 Å². The second kappa shape index (κ2) is 4.13. The van der Waals surface area contributed by atoms with E-state index in [0.29, 0.717) is 5.89 Å². The Labute approximate surface area is 86.5 Å². The summed E-state index contributed by atoms with van der Waals surface area (Å²) in [5.41, 5.74) is 0.780. The fourth-order valence-electron chi connectivity index (χ4n) is 1.17. The standard InChI is InChI=1S/C11H10FNO2/c1-8-6-15-11(13-8)7-14-10-5-3-2-4-9(10)12/h2-6H,7H2,1H3. The number of para-hydroxylation sites is 1. The number of rotatable bonds is 3. The Morgan fingerprint density at radius 1 is 1.40 bits per heavy atom. The van der Waals surface area contributed by atoms with E-state index < -0.39 is 0 Å². The Hall–Kier alpha value is -1.84. The highest BCUT2D eigenvalue weighted by Crippen LogP contribution is 2.16. The van der Waals surface area contributed by atoms with Gasteiger partial charge in [0, 0.05) is 0 Å². The van der Waals surface area contributed by atoms with Crippen molar-refractivity contribution in [2.75, 3.05) is 0 Å². The fraction of sp³-hybridized carbons (Fsp3) is 0.182. The Balaban J connectivity index is 2.02. The third kappa shape index (κ3) is 2.34. The largest absolute Gasteiger partial charge is 0.481 e. The predicted octanol–water partition coefficient (Wildman–Crippen LogP) is 2.70. The number of aryl methyl sites for hydroxylation is 1. The fourth-order valence-corrected chi connectivity index (χ4v) is 1.17. The molecule has 1 aromatic heterocycles. The molecule has 15 heavy (non-hydrogen) atoms. The van der Waals surface area contributed by atoms with Crippen molar-refractivity contribution in [3.8, 4) is 5.75 Å². The maximum Gasteiger partial charge on any atom is 0.232 e. The van der Waals surface area contributed by atoms with E-state index in [1.807, 2.05) is 6.92 Å². The molecular weight excluding hydrogens is 197 g/mol. The van der Waals surface area contributed by atoms with E-state index in [9.17, 15) is 4.39 Å². The average Bonchev–Trinajstić information content (AvgIpc) is 2.63. The van der Waals surface area contributed by atoms with Gasteiger partial charge in [0.25, 0.3) is 0 Å². The smallest absolute Gasteiger partial charge is 0.232 e. The van der Waals surface area contributed by atoms with Crippen LogP contribution >= 0.6 is 0 Å². The molecule has 0 saturated carbocycles. The van der Waals surface area contributed by atoms with Gasteiger partial charge in [-0.05, 0) is 19.1 Å². The van der Waals surface area contributed by atoms with Crippen LogP contribution in [0.2, 0.25) is 0 Å². The molecule has 0 amide bonds. The first-order valence-electron chi connectivity index (χ1n) is 4.54. The molecule has 0 saturated heterocycles. The molecule has 0 spiro atoms. The van der Waals surface area contributed by atoms with Crippen molar-refractivity contribution in [3.63, 3.8) is 0 Å². The van der Waals surface area contributed by atoms with E-state index in [-0.39, 0.29) is 18.2 Å². The summed E-state index contributed by atoms with van der Waals surface area (Å²) in [6.45, 7) is 1.95. The highest BCUT2D eigenvalue weighted by molar-refractivity contribution is 5.23. The van der Waals surface area contributed by atoms with E-state index in [0.717, 1.165) is 5.69 Å². The van der Waals surface area contributed by atoms with Gasteiger partial charge in [0.2, 0.25) is 5.89 Å². The molecule has 78 valence electrons. The van der Waals surface area contributed by atoms with E-state index >= 15 is 0 Å². The van der Waals surface area contributed by atoms with Crippen LogP contribution in [0.3, 0.4) is 0 Å². The van der Waals surface area contributed by atoms with Crippen molar-refractivity contribution >= 4 is 0 Å². The van der Waals surface area contributed by atoms with Crippen LogP contribution in [0.4, 0.5) is 4.39 Å². The summed E-state index contributed by atoms with van der Waals surface area (Å²) in [6, 6.07) is 6.22. The van der Waals surface area contributed by atoms with Gasteiger partial charge >= 0.3 is 0 Å². The maximum atomic E-state index is 13.1. The van der Waals surface area contributed by atoms with Gasteiger partial charge in [-0.1, -0.05) is 12.1 Å². The van der Waals surface area contributed by atoms with Gasteiger partial charge in [-0.15, -0.1) is 0 Å². The second-order valence-corrected chi connectivity index (χ2v) is 3.10. The van der Waals surface area contributed by atoms with Gasteiger partial charge in [0.05, 0.1) is 5.69 Å². The summed E-state index contributed by atoms with van der Waals surface area (Å²) < 4.78 is 23.4. The highest BCUT2D eigenvalue weighted by atomic mass is 19.1. The zero-order valence-electron chi connectivity index (χ0n) is 8.24. The molecule has 0 radical (unpaired) electrons. The molecule has 2 aromatic rings. The van der Waals surface area contributed by atoms with Crippen LogP contribution in [-0.4, -0.2) is 4.98 Å². The number of aromatic nitrogens is 1. The van der Waals surface area contributed by atoms with Crippen LogP contribution in [0.25, 0.3) is 0 Å². The number of ether oxygens (including phenoxy) is 1. The highest BCUT2D eigenvalue weighted by Gasteiger charge is 2.04. The molecule has 1 heterocycles. The lowest BCUT2D eigenvalue weighted by molar-refractivity contribution is 0.252. The SMILES string of the molecule is Cc1coc(COc2ccccc2F)n1. The second-order valence-electron chi connectivity index (χ2n) is 3.10. The summed E-state index contributed by atoms with van der Waals surface area (Å²) in [6.07, 6.45) is 1.53. The zero-order valence-corrected chi connectivity index (χ0v) is 8.24. The molecule has 3 nitrogen and oxygen atoms in total. The average molecular weight is 207 g/mol. The number of nitrogens with zero attached hydrogens (tertiary/aromatic N) is 1. The van der Waals surface area contributed by atoms with Gasteiger partial charge in [-0.3, -0.25) is 0 Å². The third-order valence-electron chi connectivity index (χ3n) is 1.85. The van der Waals surface area contributed by atoms with Gasteiger partial charge in [0.15, 0.2) is 18.2 Å². The molecule has 1 aromatic carbocycles. The molecule has 0 bridgehead atoms. The summed E-state index contributed by atoms with van der Waals surface area (Å²) >= 11 is 0. The van der Waals surface area contributed by atoms with Crippen molar-refractivity contribution in [2.45, 2.75) is 13.5 Å². The minimum absolute atomic E-state index is 0.134. The topological polar surface area (TPSA) is 35.3 Å². The molecule has 0 N–H and O–H groups in total. The first-order valence-corrected chi connectivity index (χ1v) is 4.54. The van der Waals surface area contributed by atoms with E-state index in [4.69, 9.17) is 9.15 Å². The maximum absolute atomic E-state index is 13.1. The Morgan fingerprint density at radius 3 is 2.87 bits per heavy atom. The molecule has 0 unspecified atom stereocenters. The van der Waals surface area contributed by atoms with Crippen LogP contribution < -0.4 is 4.74 Å². The van der Waals surface area contributed by atoms with Crippen molar-refractivity contribution in [2.24, 2.45) is 0 Å². The lowest BCUT2D eigenvalue weighted by Gasteiger charge is -2.03. The third-order valence-corrected chi connectivity index (χ3v) is 1.85. The van der Waals surface area contributed by atoms with Crippen molar-refractivity contribution in [3.05, 3.63) is 47.9 Å². The first-order chi connectivity index (χ1) is 7.25. The molecular formula is C11H10FNO2. The van der Waals surface area contributed by atoms with Gasteiger partial charge < -0.3 is 9.15 Å². The van der Waals surface area contributed by atoms with Crippen molar-refractivity contribution in [1.29, 1.82) is 0 Å². The number of oxazole rings is 1. The lowest BCUT2D eigenvalue weighted by atomic mass is 10.3. The quantitative estimate of drug-likeness (QED) is 0.776. The summed E-state index contributed by atoms with van der Waals surface area (Å²) in [4.78, 5) is 4.04. The molecule has 2 rings (SSSR count). The normalized spacial score (nSPS) is 10.3. The number of hydrogen-bond acceptors (Lipinski definition) is 3. The van der Waals surface area contributed by atoms with Gasteiger partial charge in [0.1, 0.15) is 6.26 Å². The molecule has 0 aliphatic heterocycles. The van der Waals surface area contributed by atoms with E-state index in [1.165, 1.54) is 12.3 Å². The monoisotopic (exact) mass is 207 g/mol. The van der Waals surface area contributed by atoms with Crippen LogP contribution in [0, 0.1) is 12.7 Å². The van der Waals surface area contributed by atoms with Gasteiger partial charge in [-0.25, -0.2) is 9.37 Å². The number of halogens is 1. The first kappa shape index (κ1) is 9.71. The van der Waals surface area contributed by atoms with Crippen LogP contribution in [0.5, 0.6) is 5.75 Å². The van der Waals surface area contributed by atoms with Crippen LogP contribution in [-0.2, 0) is 6.61 Å². The Bertz CT molecular complexity index is 453. The lowest BCUT2D eigenvalue weighted by Crippen LogP contribution is -1.97. The zero-order chi connectivity index (χ0) is 10.7. The Kier molecular flexibility index (Phi) is 2.67. The molecule has 0 aliphatic rings. The van der Waals surface area contributed by atoms with Crippen LogP contribution in [0.15, 0.2) is 34.9 Å². The Morgan fingerprint density at radius 2 is 2.20 bits per heavy atom.